The van der Waals surface area contributed by atoms with E-state index in [0.29, 0.717) is 11.7 Å². The van der Waals surface area contributed by atoms with Crippen LogP contribution in [0.2, 0.25) is 0 Å². The SMILES string of the molecule is C=CC(C)SCCCC(=O)C(=[N+]=[N-])C(=O)OCC. The van der Waals surface area contributed by atoms with Crippen molar-refractivity contribution in [3.63, 3.8) is 0 Å². The quantitative estimate of drug-likeness (QED) is 0.122. The van der Waals surface area contributed by atoms with Crippen LogP contribution in [-0.4, -0.2) is 39.9 Å². The third kappa shape index (κ3) is 6.37. The number of Topliss-reactive ketones (excluding diaryl/α,β-unsaturated/α-hetero) is 1. The molecule has 0 aliphatic rings. The molecule has 1 unspecified atom stereocenters. The summed E-state index contributed by atoms with van der Waals surface area (Å²) in [6, 6.07) is 0. The van der Waals surface area contributed by atoms with E-state index in [2.05, 4.69) is 16.1 Å². The van der Waals surface area contributed by atoms with Gasteiger partial charge in [-0.15, -0.1) is 6.58 Å². The lowest BCUT2D eigenvalue weighted by molar-refractivity contribution is -0.141. The highest BCUT2D eigenvalue weighted by Gasteiger charge is 2.30. The minimum absolute atomic E-state index is 0.137. The molecule has 0 rings (SSSR count). The number of thioether (sulfide) groups is 1. The lowest BCUT2D eigenvalue weighted by Gasteiger charge is -2.03. The lowest BCUT2D eigenvalue weighted by Crippen LogP contribution is -2.27. The van der Waals surface area contributed by atoms with Gasteiger partial charge >= 0.3 is 11.7 Å². The molecule has 0 aromatic heterocycles. The molecule has 0 saturated carbocycles. The first kappa shape index (κ1) is 16.6. The molecule has 0 fully saturated rings. The minimum Gasteiger partial charge on any atom is -0.457 e. The number of ether oxygens (including phenoxy) is 1. The van der Waals surface area contributed by atoms with Crippen molar-refractivity contribution in [3.05, 3.63) is 18.2 Å². The molecular weight excluding hydrogens is 252 g/mol. The highest BCUT2D eigenvalue weighted by molar-refractivity contribution is 8.00. The van der Waals surface area contributed by atoms with Crippen molar-refractivity contribution < 1.29 is 19.1 Å². The van der Waals surface area contributed by atoms with Crippen molar-refractivity contribution in [2.24, 2.45) is 0 Å². The van der Waals surface area contributed by atoms with Crippen LogP contribution in [0.5, 0.6) is 0 Å². The van der Waals surface area contributed by atoms with Gasteiger partial charge in [-0.05, 0) is 26.0 Å². The highest BCUT2D eigenvalue weighted by atomic mass is 32.2. The van der Waals surface area contributed by atoms with Crippen molar-refractivity contribution in [3.8, 4) is 0 Å². The van der Waals surface area contributed by atoms with E-state index >= 15 is 0 Å². The van der Waals surface area contributed by atoms with Crippen molar-refractivity contribution in [1.29, 1.82) is 0 Å². The van der Waals surface area contributed by atoms with Gasteiger partial charge in [-0.25, -0.2) is 4.79 Å². The predicted molar refractivity (Wildman–Crippen MR) is 71.6 cm³/mol. The molecular formula is C12H18N2O3S. The average Bonchev–Trinajstić information content (AvgIpc) is 2.35. The first-order valence-corrected chi connectivity index (χ1v) is 6.78. The van der Waals surface area contributed by atoms with Crippen molar-refractivity contribution in [2.45, 2.75) is 31.9 Å². The number of hydrogen-bond donors (Lipinski definition) is 0. The Morgan fingerprint density at radius 2 is 2.22 bits per heavy atom. The second-order valence-corrected chi connectivity index (χ2v) is 4.99. The fourth-order valence-electron chi connectivity index (χ4n) is 1.10. The first-order valence-electron chi connectivity index (χ1n) is 5.73. The molecule has 0 amide bonds. The molecule has 18 heavy (non-hydrogen) atoms. The maximum Gasteiger partial charge on any atom is 0.441 e. The Morgan fingerprint density at radius 1 is 1.56 bits per heavy atom. The number of nitrogens with zero attached hydrogens (tertiary/aromatic N) is 2. The Balaban J connectivity index is 4.11. The minimum atomic E-state index is -0.878. The topological polar surface area (TPSA) is 79.8 Å². The molecule has 0 saturated heterocycles. The third-order valence-electron chi connectivity index (χ3n) is 2.09. The van der Waals surface area contributed by atoms with Crippen LogP contribution in [0.25, 0.3) is 5.53 Å². The average molecular weight is 270 g/mol. The Bertz CT molecular complexity index is 362. The maximum atomic E-state index is 11.6. The molecule has 0 heterocycles. The molecule has 0 aromatic carbocycles. The zero-order valence-corrected chi connectivity index (χ0v) is 11.5. The van der Waals surface area contributed by atoms with E-state index in [1.165, 1.54) is 0 Å². The normalized spacial score (nSPS) is 11.2. The summed E-state index contributed by atoms with van der Waals surface area (Å²) in [6.07, 6.45) is 2.60. The summed E-state index contributed by atoms with van der Waals surface area (Å²) in [4.78, 5) is 25.5. The zero-order chi connectivity index (χ0) is 14.0. The maximum absolute atomic E-state index is 11.6. The van der Waals surface area contributed by atoms with E-state index in [4.69, 9.17) is 5.53 Å². The van der Waals surface area contributed by atoms with E-state index < -0.39 is 17.5 Å². The standard InChI is InChI=1S/C12H18N2O3S/c1-4-9(3)18-8-6-7-10(15)11(14-13)12(16)17-5-2/h4,9H,1,5-8H2,2-3H3. The van der Waals surface area contributed by atoms with Gasteiger partial charge in [0.2, 0.25) is 0 Å². The lowest BCUT2D eigenvalue weighted by atomic mass is 10.1. The summed E-state index contributed by atoms with van der Waals surface area (Å²) < 4.78 is 4.61. The molecule has 0 aromatic rings. The number of rotatable bonds is 9. The van der Waals surface area contributed by atoms with Crippen LogP contribution >= 0.6 is 11.8 Å². The largest absolute Gasteiger partial charge is 0.457 e. The van der Waals surface area contributed by atoms with E-state index in [0.717, 1.165) is 5.75 Å². The van der Waals surface area contributed by atoms with Gasteiger partial charge in [-0.1, -0.05) is 6.08 Å². The first-order chi connectivity index (χ1) is 8.56. The van der Waals surface area contributed by atoms with Gasteiger partial charge < -0.3 is 10.3 Å². The molecule has 0 bridgehead atoms. The summed E-state index contributed by atoms with van der Waals surface area (Å²) >= 11 is 1.67. The summed E-state index contributed by atoms with van der Waals surface area (Å²) in [5.41, 5.74) is 8.10. The second-order valence-electron chi connectivity index (χ2n) is 3.51. The van der Waals surface area contributed by atoms with Gasteiger partial charge in [0.1, 0.15) is 0 Å². The van der Waals surface area contributed by atoms with E-state index in [9.17, 15) is 9.59 Å². The number of carbonyl (C=O) groups excluding carboxylic acids is 2. The molecule has 5 nitrogen and oxygen atoms in total. The molecule has 0 aliphatic heterocycles. The number of hydrogen-bond acceptors (Lipinski definition) is 4. The van der Waals surface area contributed by atoms with E-state index in [1.54, 1.807) is 18.7 Å². The Hall–Kier alpha value is -1.39. The van der Waals surface area contributed by atoms with Crippen LogP contribution in [0.1, 0.15) is 26.7 Å². The Labute approximate surface area is 111 Å². The Morgan fingerprint density at radius 3 is 2.72 bits per heavy atom. The molecule has 0 spiro atoms. The fraction of sp³-hybridized carbons (Fsp3) is 0.583. The van der Waals surface area contributed by atoms with Crippen LogP contribution in [0.3, 0.4) is 0 Å². The molecule has 0 N–H and O–H groups in total. The van der Waals surface area contributed by atoms with Gasteiger partial charge in [0, 0.05) is 11.7 Å². The molecule has 0 aliphatic carbocycles. The summed E-state index contributed by atoms with van der Waals surface area (Å²) in [6.45, 7) is 7.42. The number of carbonyl (C=O) groups is 2. The number of esters is 1. The monoisotopic (exact) mass is 270 g/mol. The van der Waals surface area contributed by atoms with Crippen LogP contribution in [0.15, 0.2) is 12.7 Å². The van der Waals surface area contributed by atoms with Crippen molar-refractivity contribution in [2.75, 3.05) is 12.4 Å². The highest BCUT2D eigenvalue weighted by Crippen LogP contribution is 2.13. The summed E-state index contributed by atoms with van der Waals surface area (Å²) in [7, 11) is 0. The molecule has 6 heteroatoms. The van der Waals surface area contributed by atoms with Gasteiger partial charge in [-0.3, -0.25) is 4.79 Å². The van der Waals surface area contributed by atoms with Crippen LogP contribution in [-0.2, 0) is 14.3 Å². The van der Waals surface area contributed by atoms with E-state index in [-0.39, 0.29) is 13.0 Å². The summed E-state index contributed by atoms with van der Waals surface area (Å²) in [5, 5.41) is 0.330. The second kappa shape index (κ2) is 9.62. The third-order valence-corrected chi connectivity index (χ3v) is 3.34. The van der Waals surface area contributed by atoms with Gasteiger partial charge in [0.15, 0.2) is 0 Å². The van der Waals surface area contributed by atoms with Crippen LogP contribution in [0.4, 0.5) is 0 Å². The van der Waals surface area contributed by atoms with E-state index in [1.807, 2.05) is 13.0 Å². The van der Waals surface area contributed by atoms with Crippen LogP contribution < -0.4 is 0 Å². The molecule has 1 atom stereocenters. The van der Waals surface area contributed by atoms with Gasteiger partial charge in [-0.2, -0.15) is 16.6 Å². The Kier molecular flexibility index (Phi) is 8.88. The van der Waals surface area contributed by atoms with Gasteiger partial charge in [0.05, 0.1) is 6.61 Å². The number of ketones is 1. The predicted octanol–water partition coefficient (Wildman–Crippen LogP) is 1.88. The smallest absolute Gasteiger partial charge is 0.441 e. The summed E-state index contributed by atoms with van der Waals surface area (Å²) in [5.74, 6) is -0.597. The van der Waals surface area contributed by atoms with Crippen molar-refractivity contribution in [1.82, 2.24) is 0 Å². The van der Waals surface area contributed by atoms with Crippen molar-refractivity contribution >= 4 is 29.2 Å². The zero-order valence-electron chi connectivity index (χ0n) is 10.7. The fourth-order valence-corrected chi connectivity index (χ4v) is 1.92. The molecule has 100 valence electrons. The van der Waals surface area contributed by atoms with Gasteiger partial charge in [0.25, 0.3) is 5.78 Å². The van der Waals surface area contributed by atoms with Crippen LogP contribution in [0, 0.1) is 0 Å². The molecule has 0 radical (unpaired) electrons.